The van der Waals surface area contributed by atoms with Gasteiger partial charge in [-0.3, -0.25) is 0 Å². The first-order valence-electron chi connectivity index (χ1n) is 4.74. The lowest BCUT2D eigenvalue weighted by Crippen LogP contribution is -2.43. The molecule has 3 nitrogen and oxygen atoms in total. The monoisotopic (exact) mass is 205 g/mol. The van der Waals surface area contributed by atoms with Gasteiger partial charge in [0, 0.05) is 30.8 Å². The maximum absolute atomic E-state index is 5.44. The van der Waals surface area contributed by atoms with E-state index in [4.69, 9.17) is 9.47 Å². The van der Waals surface area contributed by atoms with Gasteiger partial charge < -0.3 is 14.8 Å². The second kappa shape index (κ2) is 6.65. The molecule has 1 aliphatic heterocycles. The lowest BCUT2D eigenvalue weighted by molar-refractivity contribution is 0.0849. The van der Waals surface area contributed by atoms with Gasteiger partial charge in [-0.1, -0.05) is 0 Å². The Bertz CT molecular complexity index is 135. The van der Waals surface area contributed by atoms with Gasteiger partial charge in [0.25, 0.3) is 0 Å². The summed E-state index contributed by atoms with van der Waals surface area (Å²) < 4.78 is 10.5. The molecule has 0 amide bonds. The molecular formula is C9H19NO2S. The molecule has 1 heterocycles. The van der Waals surface area contributed by atoms with Gasteiger partial charge in [0.15, 0.2) is 0 Å². The molecule has 1 fully saturated rings. The smallest absolute Gasteiger partial charge is 0.0600 e. The average molecular weight is 205 g/mol. The molecule has 0 aromatic rings. The molecule has 0 spiro atoms. The fraction of sp³-hybridized carbons (Fsp3) is 1.00. The number of rotatable bonds is 5. The van der Waals surface area contributed by atoms with Crippen molar-refractivity contribution in [1.29, 1.82) is 0 Å². The van der Waals surface area contributed by atoms with Crippen LogP contribution in [0, 0.1) is 0 Å². The normalized spacial score (nSPS) is 29.1. The van der Waals surface area contributed by atoms with Gasteiger partial charge in [-0.05, 0) is 13.5 Å². The van der Waals surface area contributed by atoms with E-state index in [1.54, 1.807) is 7.11 Å². The second-order valence-corrected chi connectivity index (χ2v) is 4.51. The van der Waals surface area contributed by atoms with Crippen LogP contribution in [0.25, 0.3) is 0 Å². The van der Waals surface area contributed by atoms with Gasteiger partial charge in [0.1, 0.15) is 0 Å². The third-order valence-electron chi connectivity index (χ3n) is 2.29. The lowest BCUT2D eigenvalue weighted by atomic mass is 10.1. The van der Waals surface area contributed by atoms with E-state index in [9.17, 15) is 0 Å². The zero-order valence-electron chi connectivity index (χ0n) is 8.41. The minimum absolute atomic E-state index is 0.592. The van der Waals surface area contributed by atoms with Crippen LogP contribution in [0.5, 0.6) is 0 Å². The van der Waals surface area contributed by atoms with E-state index < -0.39 is 0 Å². The molecule has 1 rings (SSSR count). The Morgan fingerprint density at radius 3 is 3.15 bits per heavy atom. The van der Waals surface area contributed by atoms with Crippen molar-refractivity contribution < 1.29 is 9.47 Å². The maximum Gasteiger partial charge on any atom is 0.0600 e. The molecule has 2 atom stereocenters. The lowest BCUT2D eigenvalue weighted by Gasteiger charge is -2.30. The van der Waals surface area contributed by atoms with Gasteiger partial charge in [0.2, 0.25) is 0 Å². The van der Waals surface area contributed by atoms with E-state index in [2.05, 4.69) is 5.32 Å². The van der Waals surface area contributed by atoms with Crippen LogP contribution < -0.4 is 5.32 Å². The molecule has 0 aromatic carbocycles. The summed E-state index contributed by atoms with van der Waals surface area (Å²) in [4.78, 5) is 0. The number of hydrogen-bond donors (Lipinski definition) is 1. The maximum atomic E-state index is 5.44. The Labute approximate surface area is 84.6 Å². The van der Waals surface area contributed by atoms with Crippen molar-refractivity contribution >= 4 is 11.8 Å². The number of ether oxygens (including phenoxy) is 2. The summed E-state index contributed by atoms with van der Waals surface area (Å²) in [6.07, 6.45) is 1.13. The Kier molecular flexibility index (Phi) is 5.78. The fourth-order valence-electron chi connectivity index (χ4n) is 1.49. The summed E-state index contributed by atoms with van der Waals surface area (Å²) in [6.45, 7) is 2.60. The van der Waals surface area contributed by atoms with E-state index in [-0.39, 0.29) is 0 Å². The molecule has 0 bridgehead atoms. The van der Waals surface area contributed by atoms with Crippen molar-refractivity contribution in [3.8, 4) is 0 Å². The third-order valence-corrected chi connectivity index (χ3v) is 3.59. The van der Waals surface area contributed by atoms with Crippen LogP contribution in [0.1, 0.15) is 6.42 Å². The van der Waals surface area contributed by atoms with Crippen molar-refractivity contribution in [2.24, 2.45) is 0 Å². The Hall–Kier alpha value is 0.230. The summed E-state index contributed by atoms with van der Waals surface area (Å²) in [7, 11) is 3.77. The van der Waals surface area contributed by atoms with Crippen LogP contribution in [0.15, 0.2) is 0 Å². The predicted octanol–water partition coefficient (Wildman–Crippen LogP) is 0.743. The summed E-state index contributed by atoms with van der Waals surface area (Å²) >= 11 is 1.94. The van der Waals surface area contributed by atoms with Crippen molar-refractivity contribution in [2.45, 2.75) is 17.7 Å². The zero-order valence-corrected chi connectivity index (χ0v) is 9.23. The van der Waals surface area contributed by atoms with E-state index >= 15 is 0 Å². The molecule has 4 heteroatoms. The van der Waals surface area contributed by atoms with Crippen molar-refractivity contribution in [2.75, 3.05) is 39.7 Å². The fourth-order valence-corrected chi connectivity index (χ4v) is 2.75. The topological polar surface area (TPSA) is 30.5 Å². The molecule has 0 aromatic heterocycles. The minimum Gasteiger partial charge on any atom is -0.384 e. The number of methoxy groups -OCH3 is 1. The molecular weight excluding hydrogens is 186 g/mol. The zero-order chi connectivity index (χ0) is 9.52. The summed E-state index contributed by atoms with van der Waals surface area (Å²) in [5, 5.41) is 3.93. The SMILES string of the molecule is CNC1CCOCC1SCCOC. The third kappa shape index (κ3) is 3.85. The van der Waals surface area contributed by atoms with Crippen LogP contribution in [0.2, 0.25) is 0 Å². The van der Waals surface area contributed by atoms with Crippen LogP contribution in [0.4, 0.5) is 0 Å². The molecule has 2 unspecified atom stereocenters. The summed E-state index contributed by atoms with van der Waals surface area (Å²) in [6, 6.07) is 0.607. The largest absolute Gasteiger partial charge is 0.384 e. The first-order chi connectivity index (χ1) is 6.38. The number of nitrogens with one attached hydrogen (secondary N) is 1. The Morgan fingerprint density at radius 1 is 1.62 bits per heavy atom. The van der Waals surface area contributed by atoms with Crippen LogP contribution in [-0.2, 0) is 9.47 Å². The molecule has 1 N–H and O–H groups in total. The second-order valence-electron chi connectivity index (χ2n) is 3.16. The van der Waals surface area contributed by atoms with Crippen molar-refractivity contribution in [3.63, 3.8) is 0 Å². The minimum atomic E-state index is 0.592. The van der Waals surface area contributed by atoms with Crippen molar-refractivity contribution in [3.05, 3.63) is 0 Å². The van der Waals surface area contributed by atoms with Gasteiger partial charge in [-0.25, -0.2) is 0 Å². The van der Waals surface area contributed by atoms with Gasteiger partial charge >= 0.3 is 0 Å². The van der Waals surface area contributed by atoms with Crippen LogP contribution in [0.3, 0.4) is 0 Å². The van der Waals surface area contributed by atoms with Crippen LogP contribution in [-0.4, -0.2) is 51.0 Å². The number of thioether (sulfide) groups is 1. The predicted molar refractivity (Wildman–Crippen MR) is 56.4 cm³/mol. The summed E-state index contributed by atoms with van der Waals surface area (Å²) in [5.74, 6) is 1.06. The first-order valence-corrected chi connectivity index (χ1v) is 5.79. The van der Waals surface area contributed by atoms with Gasteiger partial charge in [-0.15, -0.1) is 0 Å². The Morgan fingerprint density at radius 2 is 2.46 bits per heavy atom. The van der Waals surface area contributed by atoms with Gasteiger partial charge in [0.05, 0.1) is 13.2 Å². The van der Waals surface area contributed by atoms with Crippen LogP contribution >= 0.6 is 11.8 Å². The van der Waals surface area contributed by atoms with Gasteiger partial charge in [-0.2, -0.15) is 11.8 Å². The standard InChI is InChI=1S/C9H19NO2S/c1-10-8-3-4-12-7-9(8)13-6-5-11-2/h8-10H,3-7H2,1-2H3. The molecule has 0 aliphatic carbocycles. The highest BCUT2D eigenvalue weighted by Gasteiger charge is 2.24. The first kappa shape index (κ1) is 11.3. The van der Waals surface area contributed by atoms with E-state index in [0.29, 0.717) is 11.3 Å². The molecule has 78 valence electrons. The Balaban J connectivity index is 2.19. The average Bonchev–Trinajstić information content (AvgIpc) is 2.19. The molecule has 13 heavy (non-hydrogen) atoms. The van der Waals surface area contributed by atoms with E-state index in [1.165, 1.54) is 0 Å². The van der Waals surface area contributed by atoms with Crippen molar-refractivity contribution in [1.82, 2.24) is 5.32 Å². The highest BCUT2D eigenvalue weighted by molar-refractivity contribution is 8.00. The molecule has 1 saturated heterocycles. The number of hydrogen-bond acceptors (Lipinski definition) is 4. The highest BCUT2D eigenvalue weighted by atomic mass is 32.2. The summed E-state index contributed by atoms with van der Waals surface area (Å²) in [5.41, 5.74) is 0. The highest BCUT2D eigenvalue weighted by Crippen LogP contribution is 2.20. The molecule has 0 radical (unpaired) electrons. The van der Waals surface area contributed by atoms with E-state index in [0.717, 1.165) is 32.0 Å². The quantitative estimate of drug-likeness (QED) is 0.671. The van der Waals surface area contributed by atoms with E-state index in [1.807, 2.05) is 18.8 Å². The molecule has 0 saturated carbocycles. The molecule has 1 aliphatic rings.